The van der Waals surface area contributed by atoms with Gasteiger partial charge in [-0.1, -0.05) is 57.9 Å². The van der Waals surface area contributed by atoms with Crippen molar-refractivity contribution in [2.75, 3.05) is 26.3 Å². The normalized spacial score (nSPS) is 33.9. The SMILES string of the molecule is CCCCCN1CC=C[C@]23O[C@H]4C=CCCOC(=O)[C@H]4[C@H]2C(=O)N([C@@H](CO)CC(C)C)C3C1=O. The summed E-state index contributed by atoms with van der Waals surface area (Å²) in [4.78, 5) is 44.5. The number of aliphatic hydroxyl groups is 1. The van der Waals surface area contributed by atoms with Gasteiger partial charge in [0, 0.05) is 13.1 Å². The molecule has 0 bridgehead atoms. The predicted octanol–water partition coefficient (Wildman–Crippen LogP) is 2.07. The third-order valence-corrected chi connectivity index (χ3v) is 7.52. The zero-order valence-electron chi connectivity index (χ0n) is 20.5. The van der Waals surface area contributed by atoms with Gasteiger partial charge < -0.3 is 24.4 Å². The van der Waals surface area contributed by atoms with Crippen LogP contribution in [0.4, 0.5) is 0 Å². The van der Waals surface area contributed by atoms with E-state index in [-0.39, 0.29) is 30.9 Å². The summed E-state index contributed by atoms with van der Waals surface area (Å²) in [7, 11) is 0. The first-order chi connectivity index (χ1) is 16.4. The highest BCUT2D eigenvalue weighted by molar-refractivity contribution is 5.99. The highest BCUT2D eigenvalue weighted by Crippen LogP contribution is 2.53. The Morgan fingerprint density at radius 2 is 1.97 bits per heavy atom. The molecule has 4 aliphatic heterocycles. The number of esters is 1. The van der Waals surface area contributed by atoms with Gasteiger partial charge in [0.25, 0.3) is 0 Å². The molecular formula is C26H38N2O6. The molecule has 4 rings (SSSR count). The van der Waals surface area contributed by atoms with E-state index in [9.17, 15) is 19.5 Å². The minimum atomic E-state index is -1.26. The molecule has 0 aromatic heterocycles. The fourth-order valence-electron chi connectivity index (χ4n) is 6.06. The Bertz CT molecular complexity index is 854. The van der Waals surface area contributed by atoms with Gasteiger partial charge >= 0.3 is 5.97 Å². The Balaban J connectivity index is 1.79. The zero-order valence-corrected chi connectivity index (χ0v) is 20.5. The second-order valence-electron chi connectivity index (χ2n) is 10.3. The summed E-state index contributed by atoms with van der Waals surface area (Å²) in [5.74, 6) is -2.42. The van der Waals surface area contributed by atoms with Crippen molar-refractivity contribution in [1.82, 2.24) is 9.80 Å². The van der Waals surface area contributed by atoms with Crippen LogP contribution in [-0.2, 0) is 23.9 Å². The van der Waals surface area contributed by atoms with Gasteiger partial charge in [0.05, 0.1) is 31.3 Å². The van der Waals surface area contributed by atoms with Gasteiger partial charge in [-0.05, 0) is 25.2 Å². The minimum absolute atomic E-state index is 0.175. The van der Waals surface area contributed by atoms with E-state index >= 15 is 0 Å². The Morgan fingerprint density at radius 3 is 2.68 bits per heavy atom. The molecule has 2 amide bonds. The van der Waals surface area contributed by atoms with Crippen LogP contribution in [0.3, 0.4) is 0 Å². The lowest BCUT2D eigenvalue weighted by Crippen LogP contribution is -2.58. The van der Waals surface area contributed by atoms with E-state index < -0.39 is 41.6 Å². The molecular weight excluding hydrogens is 436 g/mol. The first-order valence-electron chi connectivity index (χ1n) is 12.8. The van der Waals surface area contributed by atoms with E-state index in [0.29, 0.717) is 25.9 Å². The number of nitrogens with zero attached hydrogens (tertiary/aromatic N) is 2. The maximum absolute atomic E-state index is 14.1. The van der Waals surface area contributed by atoms with E-state index in [4.69, 9.17) is 9.47 Å². The highest BCUT2D eigenvalue weighted by Gasteiger charge is 2.72. The molecule has 0 saturated carbocycles. The van der Waals surface area contributed by atoms with Crippen molar-refractivity contribution in [3.05, 3.63) is 24.3 Å². The maximum Gasteiger partial charge on any atom is 0.312 e. The first-order valence-corrected chi connectivity index (χ1v) is 12.8. The zero-order chi connectivity index (χ0) is 24.5. The molecule has 0 aliphatic carbocycles. The predicted molar refractivity (Wildman–Crippen MR) is 126 cm³/mol. The number of fused-ring (bicyclic) bond motifs is 2. The van der Waals surface area contributed by atoms with Gasteiger partial charge in [0.2, 0.25) is 11.8 Å². The van der Waals surface area contributed by atoms with Gasteiger partial charge in [0.1, 0.15) is 17.6 Å². The van der Waals surface area contributed by atoms with Crippen LogP contribution in [0.15, 0.2) is 24.3 Å². The minimum Gasteiger partial charge on any atom is -0.465 e. The number of hydrogen-bond donors (Lipinski definition) is 1. The smallest absolute Gasteiger partial charge is 0.312 e. The lowest BCUT2D eigenvalue weighted by Gasteiger charge is -2.39. The Morgan fingerprint density at radius 1 is 1.18 bits per heavy atom. The molecule has 2 saturated heterocycles. The topological polar surface area (TPSA) is 96.4 Å². The van der Waals surface area contributed by atoms with E-state index in [2.05, 4.69) is 6.92 Å². The van der Waals surface area contributed by atoms with Crippen molar-refractivity contribution in [3.63, 3.8) is 0 Å². The number of likely N-dealkylation sites (tertiary alicyclic amines) is 1. The molecule has 1 spiro atoms. The first kappa shape index (κ1) is 24.9. The number of amides is 2. The van der Waals surface area contributed by atoms with Crippen molar-refractivity contribution in [2.45, 2.75) is 76.7 Å². The van der Waals surface area contributed by atoms with Crippen LogP contribution in [0.2, 0.25) is 0 Å². The highest BCUT2D eigenvalue weighted by atomic mass is 16.6. The van der Waals surface area contributed by atoms with Crippen molar-refractivity contribution in [1.29, 1.82) is 0 Å². The monoisotopic (exact) mass is 474 g/mol. The molecule has 34 heavy (non-hydrogen) atoms. The number of hydrogen-bond acceptors (Lipinski definition) is 6. The fourth-order valence-corrected chi connectivity index (χ4v) is 6.06. The van der Waals surface area contributed by atoms with Crippen molar-refractivity contribution < 1.29 is 29.0 Å². The number of ether oxygens (including phenoxy) is 2. The Labute approximate surface area is 201 Å². The second-order valence-corrected chi connectivity index (χ2v) is 10.3. The number of rotatable bonds is 8. The van der Waals surface area contributed by atoms with Crippen LogP contribution in [0.1, 0.15) is 52.9 Å². The Kier molecular flexibility index (Phi) is 7.48. The van der Waals surface area contributed by atoms with Gasteiger partial charge in [-0.15, -0.1) is 0 Å². The molecule has 1 unspecified atom stereocenters. The number of cyclic esters (lactones) is 1. The maximum atomic E-state index is 14.1. The van der Waals surface area contributed by atoms with Crippen molar-refractivity contribution in [2.24, 2.45) is 17.8 Å². The summed E-state index contributed by atoms with van der Waals surface area (Å²) < 4.78 is 12.0. The van der Waals surface area contributed by atoms with Gasteiger partial charge in [0.15, 0.2) is 0 Å². The van der Waals surface area contributed by atoms with Crippen molar-refractivity contribution >= 4 is 17.8 Å². The largest absolute Gasteiger partial charge is 0.465 e. The average molecular weight is 475 g/mol. The summed E-state index contributed by atoms with van der Waals surface area (Å²) in [6, 6.07) is -1.45. The van der Waals surface area contributed by atoms with E-state index in [1.807, 2.05) is 38.2 Å². The quantitative estimate of drug-likeness (QED) is 0.329. The summed E-state index contributed by atoms with van der Waals surface area (Å²) in [6.07, 6.45) is 10.9. The molecule has 0 aromatic rings. The second kappa shape index (κ2) is 10.2. The van der Waals surface area contributed by atoms with E-state index in [0.717, 1.165) is 19.3 Å². The molecule has 6 atom stereocenters. The molecule has 2 fully saturated rings. The van der Waals surface area contributed by atoms with Gasteiger partial charge in [-0.2, -0.15) is 0 Å². The standard InChI is InChI=1S/C26H38N2O6/c1-4-5-7-12-27-13-9-11-26-21(20-19(34-26)10-6-8-14-33-25(20)32)23(30)28(22(26)24(27)31)18(16-29)15-17(2)3/h6,9-11,17-22,29H,4-5,7-8,12-16H2,1-3H3/t18-,19+,20-,21+,22?,26+/m1/s1. The third kappa shape index (κ3) is 4.19. The molecule has 4 aliphatic rings. The van der Waals surface area contributed by atoms with Crippen LogP contribution in [0.25, 0.3) is 0 Å². The van der Waals surface area contributed by atoms with Crippen LogP contribution in [-0.4, -0.2) is 82.8 Å². The van der Waals surface area contributed by atoms with E-state index in [1.54, 1.807) is 9.80 Å². The number of unbranched alkanes of at least 4 members (excludes halogenated alkanes) is 2. The number of carbonyl (C=O) groups excluding carboxylic acids is 3. The summed E-state index contributed by atoms with van der Waals surface area (Å²) in [5, 5.41) is 10.3. The number of aliphatic hydroxyl groups excluding tert-OH is 1. The summed E-state index contributed by atoms with van der Waals surface area (Å²) in [6.45, 7) is 7.19. The molecule has 0 aromatic carbocycles. The molecule has 0 radical (unpaired) electrons. The van der Waals surface area contributed by atoms with Crippen LogP contribution >= 0.6 is 0 Å². The number of carbonyl (C=O) groups is 3. The molecule has 1 N–H and O–H groups in total. The van der Waals surface area contributed by atoms with Crippen LogP contribution in [0.5, 0.6) is 0 Å². The average Bonchev–Trinajstić information content (AvgIpc) is 3.18. The third-order valence-electron chi connectivity index (χ3n) is 7.52. The van der Waals surface area contributed by atoms with E-state index in [1.165, 1.54) is 0 Å². The molecule has 8 heteroatoms. The summed E-state index contributed by atoms with van der Waals surface area (Å²) >= 11 is 0. The Hall–Kier alpha value is -2.19. The fraction of sp³-hybridized carbons (Fsp3) is 0.731. The molecule has 4 heterocycles. The van der Waals surface area contributed by atoms with Crippen molar-refractivity contribution in [3.8, 4) is 0 Å². The molecule has 8 nitrogen and oxygen atoms in total. The van der Waals surface area contributed by atoms with Gasteiger partial charge in [-0.25, -0.2) is 0 Å². The summed E-state index contributed by atoms with van der Waals surface area (Å²) in [5.41, 5.74) is -1.26. The lowest BCUT2D eigenvalue weighted by atomic mass is 9.77. The van der Waals surface area contributed by atoms with Crippen LogP contribution in [0, 0.1) is 17.8 Å². The lowest BCUT2D eigenvalue weighted by molar-refractivity contribution is -0.156. The van der Waals surface area contributed by atoms with Gasteiger partial charge in [-0.3, -0.25) is 14.4 Å². The van der Waals surface area contributed by atoms with Crippen LogP contribution < -0.4 is 0 Å². The molecule has 188 valence electrons.